The topological polar surface area (TPSA) is 104 Å². The van der Waals surface area contributed by atoms with Gasteiger partial charge in [-0.2, -0.15) is 0 Å². The second-order valence-corrected chi connectivity index (χ2v) is 4.33. The monoisotopic (exact) mass is 319 g/mol. The van der Waals surface area contributed by atoms with Gasteiger partial charge in [-0.1, -0.05) is 13.8 Å². The van der Waals surface area contributed by atoms with Crippen LogP contribution in [0.4, 0.5) is 0 Å². The van der Waals surface area contributed by atoms with Crippen molar-refractivity contribution in [1.82, 2.24) is 0 Å². The third-order valence-electron chi connectivity index (χ3n) is 0. The molecule has 0 saturated carbocycles. The molecular weight excluding hydrogens is 284 g/mol. The van der Waals surface area contributed by atoms with Gasteiger partial charge in [-0.15, -0.1) is 6.10 Å². The van der Waals surface area contributed by atoms with Crippen molar-refractivity contribution in [3.63, 3.8) is 0 Å². The Hall–Kier alpha value is 0.514. The van der Waals surface area contributed by atoms with E-state index in [1.54, 1.807) is 55.4 Å². The van der Waals surface area contributed by atoms with Crippen molar-refractivity contribution in [2.75, 3.05) is 7.11 Å². The maximum Gasteiger partial charge on any atom is 0.0483 e. The predicted molar refractivity (Wildman–Crippen MR) is 75.3 cm³/mol. The summed E-state index contributed by atoms with van der Waals surface area (Å²) in [6.45, 7) is 13.6. The molecule has 0 atom stereocenters. The summed E-state index contributed by atoms with van der Waals surface area (Å²) >= 11 is 0. The third-order valence-corrected chi connectivity index (χ3v) is 0. The zero-order valence-corrected chi connectivity index (χ0v) is 15.6. The minimum Gasteiger partial charge on any atom is -0.852 e. The van der Waals surface area contributed by atoms with Crippen LogP contribution in [0.2, 0.25) is 0 Å². The quantitative estimate of drug-likeness (QED) is 0.487. The van der Waals surface area contributed by atoms with E-state index in [0.717, 1.165) is 7.11 Å². The van der Waals surface area contributed by atoms with Crippen LogP contribution in [0.5, 0.6) is 0 Å². The summed E-state index contributed by atoms with van der Waals surface area (Å²) < 4.78 is 0. The molecule has 0 heterocycles. The summed E-state index contributed by atoms with van der Waals surface area (Å²) in [5.74, 6) is 0. The molecule has 0 rings (SSSR count). The minimum absolute atomic E-state index is 0. The number of hydrogen-bond donors (Lipinski definition) is 4. The largest absolute Gasteiger partial charge is 0.852 e. The molecular formula is C13H35O5Ti-. The summed E-state index contributed by atoms with van der Waals surface area (Å²) in [5.41, 5.74) is 0. The molecule has 0 unspecified atom stereocenters. The van der Waals surface area contributed by atoms with Crippen molar-refractivity contribution in [3.8, 4) is 0 Å². The standard InChI is InChI=1S/3C3H8O.C3H7O.CH4O.Ti/c4*1-3(2)4;1-2;/h3*3-4H,1-2H3;3H,1-2H3;2H,1H3;/q;;;-1;;. The summed E-state index contributed by atoms with van der Waals surface area (Å²) in [6, 6.07) is 0. The predicted octanol–water partition coefficient (Wildman–Crippen LogP) is 0.522. The molecule has 0 saturated heterocycles. The molecule has 0 aliphatic carbocycles. The first kappa shape index (κ1) is 36.6. The number of rotatable bonds is 0. The molecule has 0 bridgehead atoms. The molecule has 0 spiro atoms. The molecule has 0 fully saturated rings. The van der Waals surface area contributed by atoms with Gasteiger partial charge < -0.3 is 25.5 Å². The van der Waals surface area contributed by atoms with Gasteiger partial charge in [-0.25, -0.2) is 0 Å². The zero-order valence-electron chi connectivity index (χ0n) is 14.0. The van der Waals surface area contributed by atoms with Crippen LogP contribution >= 0.6 is 0 Å². The van der Waals surface area contributed by atoms with E-state index in [-0.39, 0.29) is 40.0 Å². The smallest absolute Gasteiger partial charge is 0.0483 e. The van der Waals surface area contributed by atoms with Gasteiger partial charge in [0.1, 0.15) is 0 Å². The van der Waals surface area contributed by atoms with Crippen LogP contribution < -0.4 is 5.11 Å². The van der Waals surface area contributed by atoms with E-state index in [4.69, 9.17) is 20.4 Å². The van der Waals surface area contributed by atoms with Gasteiger partial charge in [0, 0.05) is 47.1 Å². The second-order valence-electron chi connectivity index (χ2n) is 4.33. The van der Waals surface area contributed by atoms with Crippen molar-refractivity contribution in [2.45, 2.75) is 79.8 Å². The molecule has 0 aliphatic heterocycles. The van der Waals surface area contributed by atoms with Gasteiger partial charge in [0.2, 0.25) is 0 Å². The van der Waals surface area contributed by atoms with Crippen LogP contribution in [0.3, 0.4) is 0 Å². The van der Waals surface area contributed by atoms with Crippen LogP contribution in [0, 0.1) is 0 Å². The molecule has 122 valence electrons. The molecule has 0 aliphatic rings. The van der Waals surface area contributed by atoms with Crippen LogP contribution in [-0.2, 0) is 21.7 Å². The average Bonchev–Trinajstić information content (AvgIpc) is 2.01. The van der Waals surface area contributed by atoms with Crippen LogP contribution in [0.15, 0.2) is 0 Å². The number of aliphatic hydroxyl groups excluding tert-OH is 4. The maximum atomic E-state index is 9.53. The Morgan fingerprint density at radius 1 is 0.579 bits per heavy atom. The molecule has 5 nitrogen and oxygen atoms in total. The van der Waals surface area contributed by atoms with Crippen molar-refractivity contribution < 1.29 is 47.3 Å². The molecule has 6 heteroatoms. The Labute approximate surface area is 134 Å². The van der Waals surface area contributed by atoms with E-state index in [9.17, 15) is 5.11 Å². The van der Waals surface area contributed by atoms with Gasteiger partial charge in [0.25, 0.3) is 0 Å². The summed E-state index contributed by atoms with van der Waals surface area (Å²) in [5, 5.41) is 40.7. The van der Waals surface area contributed by atoms with E-state index in [1.807, 2.05) is 0 Å². The summed E-state index contributed by atoms with van der Waals surface area (Å²) in [7, 11) is 1.00. The van der Waals surface area contributed by atoms with E-state index >= 15 is 0 Å². The molecule has 0 aromatic rings. The van der Waals surface area contributed by atoms with Gasteiger partial charge >= 0.3 is 0 Å². The summed E-state index contributed by atoms with van der Waals surface area (Å²) in [4.78, 5) is 0. The van der Waals surface area contributed by atoms with Crippen molar-refractivity contribution >= 4 is 0 Å². The van der Waals surface area contributed by atoms with E-state index in [1.165, 1.54) is 0 Å². The molecule has 0 amide bonds. The minimum atomic E-state index is -0.417. The number of aliphatic hydroxyl groups is 4. The Morgan fingerprint density at radius 2 is 0.579 bits per heavy atom. The van der Waals surface area contributed by atoms with Crippen molar-refractivity contribution in [1.29, 1.82) is 0 Å². The molecule has 0 aromatic heterocycles. The SMILES string of the molecule is CC(C)O.CC(C)O.CC(C)O.CC(C)[O-].CO.[Ti]. The van der Waals surface area contributed by atoms with E-state index in [0.29, 0.717) is 0 Å². The summed E-state index contributed by atoms with van der Waals surface area (Å²) in [6.07, 6.45) is -0.917. The second kappa shape index (κ2) is 36.3. The fourth-order valence-electron chi connectivity index (χ4n) is 0. The molecule has 4 N–H and O–H groups in total. The first-order chi connectivity index (χ1) is 7.93. The maximum absolute atomic E-state index is 9.53. The van der Waals surface area contributed by atoms with Gasteiger partial charge in [-0.05, 0) is 41.5 Å². The normalized spacial score (nSPS) is 7.89. The van der Waals surface area contributed by atoms with Crippen molar-refractivity contribution in [2.24, 2.45) is 0 Å². The third kappa shape index (κ3) is 19100. The molecule has 0 radical (unpaired) electrons. The first-order valence-electron chi connectivity index (χ1n) is 6.08. The van der Waals surface area contributed by atoms with E-state index < -0.39 is 6.10 Å². The Kier molecular flexibility index (Phi) is 69.9. The number of hydrogen-bond acceptors (Lipinski definition) is 5. The molecule has 0 aromatic carbocycles. The Morgan fingerprint density at radius 3 is 0.579 bits per heavy atom. The van der Waals surface area contributed by atoms with Gasteiger partial charge in [0.15, 0.2) is 0 Å². The van der Waals surface area contributed by atoms with Gasteiger partial charge in [0.05, 0.1) is 0 Å². The van der Waals surface area contributed by atoms with Crippen LogP contribution in [-0.4, -0.2) is 52.0 Å². The van der Waals surface area contributed by atoms with E-state index in [2.05, 4.69) is 0 Å². The fraction of sp³-hybridized carbons (Fsp3) is 1.00. The fourth-order valence-corrected chi connectivity index (χ4v) is 0. The van der Waals surface area contributed by atoms with Crippen molar-refractivity contribution in [3.05, 3.63) is 0 Å². The van der Waals surface area contributed by atoms with Gasteiger partial charge in [-0.3, -0.25) is 0 Å². The van der Waals surface area contributed by atoms with Crippen LogP contribution in [0.1, 0.15) is 55.4 Å². The first-order valence-corrected chi connectivity index (χ1v) is 6.08. The zero-order chi connectivity index (χ0) is 16.3. The average molecular weight is 319 g/mol. The Balaban J connectivity index is -0.0000000279. The molecule has 19 heavy (non-hydrogen) atoms. The Bertz CT molecular complexity index is 64.0. The van der Waals surface area contributed by atoms with Crippen LogP contribution in [0.25, 0.3) is 0 Å².